The number of H-pyrrole nitrogens is 1. The van der Waals surface area contributed by atoms with Gasteiger partial charge in [-0.3, -0.25) is 14.6 Å². The minimum atomic E-state index is -0.0992. The maximum atomic E-state index is 12.9. The Bertz CT molecular complexity index is 1190. The van der Waals surface area contributed by atoms with Crippen LogP contribution >= 0.6 is 0 Å². The summed E-state index contributed by atoms with van der Waals surface area (Å²) in [6, 6.07) is 13.0. The van der Waals surface area contributed by atoms with Gasteiger partial charge in [-0.05, 0) is 36.6 Å². The highest BCUT2D eigenvalue weighted by Gasteiger charge is 2.37. The van der Waals surface area contributed by atoms with Crippen LogP contribution in [0.4, 0.5) is 0 Å². The van der Waals surface area contributed by atoms with Crippen molar-refractivity contribution in [2.45, 2.75) is 18.9 Å². The minimum absolute atomic E-state index is 0.0133. The average Bonchev–Trinajstić information content (AvgIpc) is 3.23. The smallest absolute Gasteiger partial charge is 0.270 e. The number of nitrogens with zero attached hydrogens (tertiary/aromatic N) is 4. The molecule has 1 amide bonds. The summed E-state index contributed by atoms with van der Waals surface area (Å²) >= 11 is 0. The fraction of sp³-hybridized carbons (Fsp3) is 0.273. The van der Waals surface area contributed by atoms with Crippen molar-refractivity contribution in [3.05, 3.63) is 76.1 Å². The van der Waals surface area contributed by atoms with E-state index in [1.54, 1.807) is 24.5 Å². The second-order valence-electron chi connectivity index (χ2n) is 7.76. The molecule has 5 heterocycles. The van der Waals surface area contributed by atoms with Crippen LogP contribution in [0.15, 0.2) is 53.6 Å². The molecule has 3 aromatic heterocycles. The lowest BCUT2D eigenvalue weighted by Crippen LogP contribution is -2.49. The first-order valence-electron chi connectivity index (χ1n) is 9.66. The van der Waals surface area contributed by atoms with Gasteiger partial charge in [0.1, 0.15) is 11.8 Å². The van der Waals surface area contributed by atoms with Crippen molar-refractivity contribution in [2.75, 3.05) is 13.1 Å². The molecular weight excluding hydrogens is 366 g/mol. The van der Waals surface area contributed by atoms with Crippen LogP contribution in [0.1, 0.15) is 34.1 Å². The van der Waals surface area contributed by atoms with Crippen LogP contribution in [0.25, 0.3) is 11.3 Å². The predicted octanol–water partition coefficient (Wildman–Crippen LogP) is 2.37. The summed E-state index contributed by atoms with van der Waals surface area (Å²) in [5.74, 6) is 0.250. The number of aromatic nitrogens is 3. The zero-order valence-corrected chi connectivity index (χ0v) is 15.7. The molecule has 144 valence electrons. The van der Waals surface area contributed by atoms with Crippen LogP contribution in [0.3, 0.4) is 0 Å². The zero-order chi connectivity index (χ0) is 20.0. The molecule has 1 N–H and O–H groups in total. The quantitative estimate of drug-likeness (QED) is 0.733. The van der Waals surface area contributed by atoms with E-state index >= 15 is 0 Å². The third kappa shape index (κ3) is 3.03. The Kier molecular flexibility index (Phi) is 4.06. The Morgan fingerprint density at radius 1 is 1.21 bits per heavy atom. The molecule has 0 saturated carbocycles. The standard InChI is InChI=1S/C22H19N5O2/c23-9-14-6-19(25-10-14)22(29)26-11-15-5-17(13-26)20-7-16(8-21(28)27(20)12-15)18-3-1-2-4-24-18/h1-4,6-8,10,15,17,25H,5,11-13H2/t15-,17+/m0/s1. The van der Waals surface area contributed by atoms with E-state index in [0.717, 1.165) is 23.4 Å². The molecule has 0 radical (unpaired) electrons. The third-order valence-electron chi connectivity index (χ3n) is 5.85. The highest BCUT2D eigenvalue weighted by Crippen LogP contribution is 2.36. The minimum Gasteiger partial charge on any atom is -0.356 e. The van der Waals surface area contributed by atoms with Crippen LogP contribution < -0.4 is 5.56 Å². The first-order chi connectivity index (χ1) is 14.1. The van der Waals surface area contributed by atoms with Gasteiger partial charge in [-0.25, -0.2) is 0 Å². The number of nitriles is 1. The molecular formula is C22H19N5O2. The maximum Gasteiger partial charge on any atom is 0.270 e. The molecule has 5 rings (SSSR count). The van der Waals surface area contributed by atoms with Gasteiger partial charge in [0.25, 0.3) is 11.5 Å². The van der Waals surface area contributed by atoms with E-state index in [4.69, 9.17) is 5.26 Å². The van der Waals surface area contributed by atoms with Gasteiger partial charge in [-0.2, -0.15) is 5.26 Å². The number of aromatic amines is 1. The highest BCUT2D eigenvalue weighted by molar-refractivity contribution is 5.93. The largest absolute Gasteiger partial charge is 0.356 e. The van der Waals surface area contributed by atoms with E-state index in [0.29, 0.717) is 30.9 Å². The van der Waals surface area contributed by atoms with E-state index in [9.17, 15) is 9.59 Å². The van der Waals surface area contributed by atoms with Gasteiger partial charge in [-0.1, -0.05) is 6.07 Å². The highest BCUT2D eigenvalue weighted by atomic mass is 16.2. The lowest BCUT2D eigenvalue weighted by atomic mass is 9.82. The van der Waals surface area contributed by atoms with Crippen molar-refractivity contribution in [2.24, 2.45) is 5.92 Å². The Morgan fingerprint density at radius 3 is 2.86 bits per heavy atom. The van der Waals surface area contributed by atoms with Gasteiger partial charge in [0, 0.05) is 55.3 Å². The molecule has 7 nitrogen and oxygen atoms in total. The van der Waals surface area contributed by atoms with Gasteiger partial charge in [-0.15, -0.1) is 0 Å². The van der Waals surface area contributed by atoms with Crippen LogP contribution in [0.5, 0.6) is 0 Å². The van der Waals surface area contributed by atoms with Gasteiger partial charge in [0.05, 0.1) is 11.3 Å². The number of hydrogen-bond donors (Lipinski definition) is 1. The van der Waals surface area contributed by atoms with Crippen LogP contribution in [-0.4, -0.2) is 38.4 Å². The lowest BCUT2D eigenvalue weighted by Gasteiger charge is -2.42. The van der Waals surface area contributed by atoms with E-state index in [2.05, 4.69) is 9.97 Å². The molecule has 2 aliphatic heterocycles. The Balaban J connectivity index is 1.48. The number of likely N-dealkylation sites (tertiary alicyclic amines) is 1. The van der Waals surface area contributed by atoms with Crippen molar-refractivity contribution >= 4 is 5.91 Å². The number of nitrogens with one attached hydrogen (secondary N) is 1. The molecule has 1 fully saturated rings. The van der Waals surface area contributed by atoms with E-state index in [1.165, 1.54) is 0 Å². The third-order valence-corrected chi connectivity index (χ3v) is 5.85. The van der Waals surface area contributed by atoms with Crippen molar-refractivity contribution in [3.63, 3.8) is 0 Å². The zero-order valence-electron chi connectivity index (χ0n) is 15.7. The second kappa shape index (κ2) is 6.74. The number of pyridine rings is 2. The monoisotopic (exact) mass is 385 g/mol. The topological polar surface area (TPSA) is 94.8 Å². The molecule has 7 heteroatoms. The van der Waals surface area contributed by atoms with E-state index in [1.807, 2.05) is 39.8 Å². The molecule has 2 atom stereocenters. The van der Waals surface area contributed by atoms with Crippen molar-refractivity contribution in [1.29, 1.82) is 5.26 Å². The van der Waals surface area contributed by atoms with Crippen molar-refractivity contribution < 1.29 is 4.79 Å². The van der Waals surface area contributed by atoms with Crippen molar-refractivity contribution in [3.8, 4) is 17.3 Å². The number of fused-ring (bicyclic) bond motifs is 4. The summed E-state index contributed by atoms with van der Waals surface area (Å²) in [6.07, 6.45) is 4.23. The summed E-state index contributed by atoms with van der Waals surface area (Å²) in [6.45, 7) is 1.79. The van der Waals surface area contributed by atoms with Gasteiger partial charge >= 0.3 is 0 Å². The number of hydrogen-bond acceptors (Lipinski definition) is 4. The Labute approximate surface area is 167 Å². The van der Waals surface area contributed by atoms with Crippen LogP contribution in [0, 0.1) is 17.2 Å². The fourth-order valence-corrected chi connectivity index (χ4v) is 4.56. The molecule has 3 aromatic rings. The SMILES string of the molecule is N#Cc1c[nH]c(C(=O)N2C[C@@H]3C[C@H](C2)c2cc(-c4ccccn4)cc(=O)n2C3)c1. The molecule has 0 spiro atoms. The Morgan fingerprint density at radius 2 is 2.10 bits per heavy atom. The van der Waals surface area contributed by atoms with Crippen LogP contribution in [-0.2, 0) is 6.54 Å². The average molecular weight is 385 g/mol. The lowest BCUT2D eigenvalue weighted by molar-refractivity contribution is 0.0589. The number of carbonyl (C=O) groups excluding carboxylic acids is 1. The molecule has 0 aliphatic carbocycles. The number of amides is 1. The van der Waals surface area contributed by atoms with Gasteiger partial charge in [0.15, 0.2) is 0 Å². The number of piperidine rings is 1. The normalized spacial score (nSPS) is 20.0. The fourth-order valence-electron chi connectivity index (χ4n) is 4.56. The maximum absolute atomic E-state index is 12.9. The predicted molar refractivity (Wildman–Crippen MR) is 106 cm³/mol. The van der Waals surface area contributed by atoms with E-state index < -0.39 is 0 Å². The van der Waals surface area contributed by atoms with Gasteiger partial charge in [0.2, 0.25) is 0 Å². The molecule has 2 bridgehead atoms. The second-order valence-corrected chi connectivity index (χ2v) is 7.76. The summed E-state index contributed by atoms with van der Waals surface area (Å²) in [4.78, 5) is 34.8. The molecule has 2 aliphatic rings. The summed E-state index contributed by atoms with van der Waals surface area (Å²) in [5.41, 5.74) is 3.42. The van der Waals surface area contributed by atoms with Gasteiger partial charge < -0.3 is 14.5 Å². The molecule has 0 unspecified atom stereocenters. The summed E-state index contributed by atoms with van der Waals surface area (Å²) < 4.78 is 1.86. The van der Waals surface area contributed by atoms with Crippen LogP contribution in [0.2, 0.25) is 0 Å². The first kappa shape index (κ1) is 17.4. The Hall–Kier alpha value is -3.66. The molecule has 29 heavy (non-hydrogen) atoms. The van der Waals surface area contributed by atoms with E-state index in [-0.39, 0.29) is 23.3 Å². The van der Waals surface area contributed by atoms with Crippen molar-refractivity contribution in [1.82, 2.24) is 19.4 Å². The molecule has 1 saturated heterocycles. The summed E-state index contributed by atoms with van der Waals surface area (Å²) in [5, 5.41) is 9.00. The molecule has 0 aromatic carbocycles. The summed E-state index contributed by atoms with van der Waals surface area (Å²) in [7, 11) is 0. The first-order valence-corrected chi connectivity index (χ1v) is 9.66. The number of rotatable bonds is 2. The number of carbonyl (C=O) groups is 1.